The van der Waals surface area contributed by atoms with Gasteiger partial charge in [0.05, 0.1) is 28.4 Å². The quantitative estimate of drug-likeness (QED) is 0.114. The zero-order valence-electron chi connectivity index (χ0n) is 24.0. The lowest BCUT2D eigenvalue weighted by Crippen LogP contribution is -2.29. The molecular weight excluding hydrogens is 560 g/mol. The van der Waals surface area contributed by atoms with Crippen molar-refractivity contribution in [1.82, 2.24) is 4.98 Å². The number of hydrogen-bond donors (Lipinski definition) is 1. The molecule has 8 heteroatoms. The Morgan fingerprint density at radius 2 is 1.67 bits per heavy atom. The van der Waals surface area contributed by atoms with Crippen molar-refractivity contribution in [2.24, 2.45) is 0 Å². The third kappa shape index (κ3) is 5.49. The summed E-state index contributed by atoms with van der Waals surface area (Å²) in [6, 6.07) is 27.0. The Kier molecular flexibility index (Phi) is 7.69. The van der Waals surface area contributed by atoms with Gasteiger partial charge in [0.25, 0.3) is 5.78 Å². The molecule has 0 spiro atoms. The van der Waals surface area contributed by atoms with Crippen molar-refractivity contribution in [1.29, 1.82) is 0 Å². The summed E-state index contributed by atoms with van der Waals surface area (Å²) in [4.78, 5) is 33.7. The van der Waals surface area contributed by atoms with Crippen LogP contribution in [-0.2, 0) is 16.2 Å². The van der Waals surface area contributed by atoms with E-state index in [0.717, 1.165) is 26.9 Å². The van der Waals surface area contributed by atoms with Gasteiger partial charge in [-0.05, 0) is 85.5 Å². The number of aromatic nitrogens is 1. The number of aliphatic hydroxyl groups excluding tert-OH is 1. The van der Waals surface area contributed by atoms with Crippen molar-refractivity contribution in [2.75, 3.05) is 11.5 Å². The Labute approximate surface area is 253 Å². The van der Waals surface area contributed by atoms with Gasteiger partial charge >= 0.3 is 5.91 Å². The van der Waals surface area contributed by atoms with E-state index < -0.39 is 17.7 Å². The lowest BCUT2D eigenvalue weighted by molar-refractivity contribution is -0.132. The summed E-state index contributed by atoms with van der Waals surface area (Å²) >= 11 is 1.35. The molecule has 5 aromatic rings. The molecule has 0 saturated carbocycles. The van der Waals surface area contributed by atoms with Crippen molar-refractivity contribution in [2.45, 2.75) is 33.4 Å². The number of thiazole rings is 1. The van der Waals surface area contributed by atoms with Gasteiger partial charge < -0.3 is 14.6 Å². The number of rotatable bonds is 8. The van der Waals surface area contributed by atoms with Gasteiger partial charge in [-0.25, -0.2) is 4.98 Å². The number of carbonyl (C=O) groups excluding carboxylic acids is 2. The topological polar surface area (TPSA) is 89.0 Å². The predicted octanol–water partition coefficient (Wildman–Crippen LogP) is 7.52. The number of ether oxygens (including phenoxy) is 2. The molecule has 1 aliphatic heterocycles. The smallest absolute Gasteiger partial charge is 0.301 e. The Balaban J connectivity index is 1.47. The maximum Gasteiger partial charge on any atom is 0.301 e. The van der Waals surface area contributed by atoms with E-state index in [4.69, 9.17) is 14.5 Å². The number of aliphatic hydroxyl groups is 1. The molecule has 1 fully saturated rings. The number of ketones is 1. The first-order valence-corrected chi connectivity index (χ1v) is 14.8. The first kappa shape index (κ1) is 28.2. The van der Waals surface area contributed by atoms with Crippen molar-refractivity contribution in [3.05, 3.63) is 124 Å². The Morgan fingerprint density at radius 3 is 2.42 bits per heavy atom. The summed E-state index contributed by atoms with van der Waals surface area (Å²) in [7, 11) is 0. The summed E-state index contributed by atoms with van der Waals surface area (Å²) in [6.45, 7) is 6.73. The minimum atomic E-state index is -0.922. The maximum atomic E-state index is 13.7. The number of benzene rings is 4. The highest BCUT2D eigenvalue weighted by molar-refractivity contribution is 7.22. The number of anilines is 1. The fourth-order valence-electron chi connectivity index (χ4n) is 5.35. The maximum absolute atomic E-state index is 13.7. The van der Waals surface area contributed by atoms with Crippen LogP contribution in [0.4, 0.5) is 5.13 Å². The number of amides is 1. The van der Waals surface area contributed by atoms with Crippen LogP contribution in [0, 0.1) is 13.8 Å². The van der Waals surface area contributed by atoms with Gasteiger partial charge in [-0.1, -0.05) is 59.9 Å². The predicted molar refractivity (Wildman–Crippen MR) is 169 cm³/mol. The van der Waals surface area contributed by atoms with E-state index in [9.17, 15) is 14.7 Å². The molecule has 1 unspecified atom stereocenters. The van der Waals surface area contributed by atoms with E-state index in [0.29, 0.717) is 41.0 Å². The molecule has 0 bridgehead atoms. The Morgan fingerprint density at radius 1 is 0.907 bits per heavy atom. The van der Waals surface area contributed by atoms with Crippen LogP contribution in [0.5, 0.6) is 11.5 Å². The average molecular weight is 591 g/mol. The van der Waals surface area contributed by atoms with Crippen molar-refractivity contribution in [3.8, 4) is 11.5 Å². The minimum absolute atomic E-state index is 0.0125. The highest BCUT2D eigenvalue weighted by atomic mass is 32.1. The average Bonchev–Trinajstić information content (AvgIpc) is 3.55. The third-order valence-corrected chi connectivity index (χ3v) is 8.33. The lowest BCUT2D eigenvalue weighted by atomic mass is 9.95. The number of fused-ring (bicyclic) bond motifs is 1. The summed E-state index contributed by atoms with van der Waals surface area (Å²) in [5.41, 5.74) is 4.85. The van der Waals surface area contributed by atoms with Gasteiger partial charge in [-0.2, -0.15) is 0 Å². The lowest BCUT2D eigenvalue weighted by Gasteiger charge is -2.23. The van der Waals surface area contributed by atoms with Crippen LogP contribution < -0.4 is 14.4 Å². The minimum Gasteiger partial charge on any atom is -0.507 e. The zero-order chi connectivity index (χ0) is 30.1. The first-order valence-electron chi connectivity index (χ1n) is 14.0. The van der Waals surface area contributed by atoms with E-state index in [1.165, 1.54) is 16.2 Å². The fourth-order valence-corrected chi connectivity index (χ4v) is 6.52. The summed E-state index contributed by atoms with van der Waals surface area (Å²) < 4.78 is 12.5. The van der Waals surface area contributed by atoms with Gasteiger partial charge in [-0.3, -0.25) is 14.5 Å². The number of nitrogens with zero attached hydrogens (tertiary/aromatic N) is 2. The standard InChI is InChI=1S/C35H30N2O5S/c1-4-41-26-15-13-24(14-16-26)32(38)29-31(25-11-8-12-27(19-25)42-20-23-9-6-5-7-10-23)37(34(40)33(29)39)35-36-30-22(3)17-21(2)18-28(30)43-35/h5-19,31,38H,4,20H2,1-3H3. The van der Waals surface area contributed by atoms with Crippen LogP contribution in [0.1, 0.15) is 40.8 Å². The van der Waals surface area contributed by atoms with Crippen molar-refractivity contribution < 1.29 is 24.2 Å². The fraction of sp³-hybridized carbons (Fsp3) is 0.171. The molecule has 0 radical (unpaired) electrons. The van der Waals surface area contributed by atoms with Gasteiger partial charge in [0.2, 0.25) is 0 Å². The SMILES string of the molecule is CCOc1ccc(C(O)=C2C(=O)C(=O)N(c3nc4c(C)cc(C)cc4s3)C2c2cccc(OCc3ccccc3)c2)cc1. The van der Waals surface area contributed by atoms with Gasteiger partial charge in [-0.15, -0.1) is 0 Å². The van der Waals surface area contributed by atoms with Gasteiger partial charge in [0.1, 0.15) is 23.9 Å². The van der Waals surface area contributed by atoms with Gasteiger partial charge in [0, 0.05) is 5.56 Å². The molecule has 1 amide bonds. The van der Waals surface area contributed by atoms with E-state index in [1.54, 1.807) is 30.3 Å². The summed E-state index contributed by atoms with van der Waals surface area (Å²) in [5, 5.41) is 11.9. The van der Waals surface area contributed by atoms with E-state index >= 15 is 0 Å². The molecule has 43 heavy (non-hydrogen) atoms. The highest BCUT2D eigenvalue weighted by Gasteiger charge is 2.48. The second-order valence-corrected chi connectivity index (χ2v) is 11.4. The monoisotopic (exact) mass is 590 g/mol. The number of aryl methyl sites for hydroxylation is 2. The molecule has 6 rings (SSSR count). The molecule has 2 heterocycles. The molecule has 1 atom stereocenters. The molecule has 0 aliphatic carbocycles. The summed E-state index contributed by atoms with van der Waals surface area (Å²) in [5.74, 6) is -0.582. The second kappa shape index (κ2) is 11.7. The van der Waals surface area contributed by atoms with Crippen LogP contribution >= 0.6 is 11.3 Å². The Hall–Kier alpha value is -4.95. The normalized spacial score (nSPS) is 16.2. The largest absolute Gasteiger partial charge is 0.507 e. The molecule has 216 valence electrons. The van der Waals surface area contributed by atoms with Crippen molar-refractivity contribution in [3.63, 3.8) is 0 Å². The molecule has 4 aromatic carbocycles. The highest BCUT2D eigenvalue weighted by Crippen LogP contribution is 2.45. The molecule has 7 nitrogen and oxygen atoms in total. The van der Waals surface area contributed by atoms with Crippen LogP contribution in [0.2, 0.25) is 0 Å². The first-order chi connectivity index (χ1) is 20.8. The summed E-state index contributed by atoms with van der Waals surface area (Å²) in [6.07, 6.45) is 0. The number of carbonyl (C=O) groups is 2. The molecular formula is C35H30N2O5S. The second-order valence-electron chi connectivity index (χ2n) is 10.4. The van der Waals surface area contributed by atoms with Crippen LogP contribution in [0.3, 0.4) is 0 Å². The van der Waals surface area contributed by atoms with E-state index in [2.05, 4.69) is 0 Å². The van der Waals surface area contributed by atoms with E-state index in [-0.39, 0.29) is 11.3 Å². The van der Waals surface area contributed by atoms with Crippen LogP contribution in [0.15, 0.2) is 96.6 Å². The third-order valence-electron chi connectivity index (χ3n) is 7.33. The van der Waals surface area contributed by atoms with E-state index in [1.807, 2.05) is 81.4 Å². The molecule has 1 saturated heterocycles. The van der Waals surface area contributed by atoms with Gasteiger partial charge in [0.15, 0.2) is 5.13 Å². The zero-order valence-corrected chi connectivity index (χ0v) is 24.9. The van der Waals surface area contributed by atoms with Crippen LogP contribution in [-0.4, -0.2) is 28.4 Å². The molecule has 1 N–H and O–H groups in total. The van der Waals surface area contributed by atoms with Crippen molar-refractivity contribution >= 4 is 44.1 Å². The molecule has 1 aliphatic rings. The Bertz CT molecular complexity index is 1860. The van der Waals surface area contributed by atoms with Crippen LogP contribution in [0.25, 0.3) is 16.0 Å². The molecule has 1 aromatic heterocycles. The number of hydrogen-bond acceptors (Lipinski definition) is 7. The number of Topliss-reactive ketones (excluding diaryl/α,β-unsaturated/α-hetero) is 1.